The Hall–Kier alpha value is -1.06. The normalized spacial score (nSPS) is 15.6. The van der Waals surface area contributed by atoms with Gasteiger partial charge in [-0.25, -0.2) is 0 Å². The van der Waals surface area contributed by atoms with Crippen LogP contribution in [0.1, 0.15) is 31.2 Å². The molecule has 0 spiro atoms. The summed E-state index contributed by atoms with van der Waals surface area (Å²) in [4.78, 5) is 11.8. The van der Waals surface area contributed by atoms with Crippen LogP contribution in [0.4, 0.5) is 5.69 Å². The number of hydrogen-bond donors (Lipinski definition) is 2. The minimum Gasteiger partial charge on any atom is -0.326 e. The third kappa shape index (κ3) is 5.62. The van der Waals surface area contributed by atoms with Gasteiger partial charge in [0.1, 0.15) is 0 Å². The average Bonchev–Trinajstić information content (AvgIpc) is 2.40. The van der Waals surface area contributed by atoms with Gasteiger partial charge < -0.3 is 10.6 Å². The Morgan fingerprint density at radius 3 is 2.53 bits per heavy atom. The third-order valence-electron chi connectivity index (χ3n) is 3.57. The molecule has 0 aliphatic carbocycles. The van der Waals surface area contributed by atoms with Crippen LogP contribution in [-0.2, 0) is 4.79 Å². The number of piperidine rings is 1. The Kier molecular flexibility index (Phi) is 6.89. The fraction of sp³-hybridized carbons (Fsp3) is 0.533. The summed E-state index contributed by atoms with van der Waals surface area (Å²) in [6.45, 7) is 4.25. The van der Waals surface area contributed by atoms with Crippen LogP contribution in [0.2, 0.25) is 0 Å². The first-order chi connectivity index (χ1) is 8.74. The standard InChI is InChI=1S/C15H22N2O.ClH/c1-12-2-5-14(6-3-12)17-15(18)7-4-13-8-10-16-11-9-13;/h2-3,5-6,13,16H,4,7-11H2,1H3,(H,17,18);1H. The van der Waals surface area contributed by atoms with Crippen LogP contribution >= 0.6 is 12.4 Å². The quantitative estimate of drug-likeness (QED) is 0.891. The summed E-state index contributed by atoms with van der Waals surface area (Å²) in [5, 5.41) is 6.30. The van der Waals surface area contributed by atoms with Crippen molar-refractivity contribution < 1.29 is 4.79 Å². The molecule has 2 N–H and O–H groups in total. The number of aryl methyl sites for hydroxylation is 1. The van der Waals surface area contributed by atoms with Gasteiger partial charge in [0.05, 0.1) is 0 Å². The van der Waals surface area contributed by atoms with Gasteiger partial charge in [0, 0.05) is 12.1 Å². The molecule has 106 valence electrons. The lowest BCUT2D eigenvalue weighted by atomic mass is 9.93. The molecule has 0 radical (unpaired) electrons. The molecule has 1 fully saturated rings. The fourth-order valence-electron chi connectivity index (χ4n) is 2.37. The number of amides is 1. The van der Waals surface area contributed by atoms with E-state index < -0.39 is 0 Å². The molecule has 0 aromatic heterocycles. The molecule has 1 aromatic carbocycles. The van der Waals surface area contributed by atoms with Crippen molar-refractivity contribution in [3.8, 4) is 0 Å². The van der Waals surface area contributed by atoms with Crippen LogP contribution in [0, 0.1) is 12.8 Å². The number of benzene rings is 1. The molecule has 1 amide bonds. The Labute approximate surface area is 121 Å². The van der Waals surface area contributed by atoms with Gasteiger partial charge in [0.15, 0.2) is 0 Å². The fourth-order valence-corrected chi connectivity index (χ4v) is 2.37. The van der Waals surface area contributed by atoms with Crippen LogP contribution in [0.25, 0.3) is 0 Å². The summed E-state index contributed by atoms with van der Waals surface area (Å²) >= 11 is 0. The molecule has 1 aliphatic heterocycles. The molecule has 0 bridgehead atoms. The summed E-state index contributed by atoms with van der Waals surface area (Å²) in [5.41, 5.74) is 2.11. The summed E-state index contributed by atoms with van der Waals surface area (Å²) in [6.07, 6.45) is 4.06. The number of nitrogens with one attached hydrogen (secondary N) is 2. The lowest BCUT2D eigenvalue weighted by Crippen LogP contribution is -2.28. The monoisotopic (exact) mass is 282 g/mol. The van der Waals surface area contributed by atoms with E-state index >= 15 is 0 Å². The number of carbonyl (C=O) groups excluding carboxylic acids is 1. The molecule has 4 heteroatoms. The van der Waals surface area contributed by atoms with E-state index in [0.29, 0.717) is 6.42 Å². The minimum atomic E-state index is 0. The predicted octanol–water partition coefficient (Wildman–Crippen LogP) is 3.14. The van der Waals surface area contributed by atoms with E-state index in [9.17, 15) is 4.79 Å². The highest BCUT2D eigenvalue weighted by molar-refractivity contribution is 5.90. The molecule has 1 aromatic rings. The summed E-state index contributed by atoms with van der Waals surface area (Å²) in [6, 6.07) is 7.94. The van der Waals surface area contributed by atoms with E-state index in [0.717, 1.165) is 31.1 Å². The molecule has 3 nitrogen and oxygen atoms in total. The maximum atomic E-state index is 11.8. The van der Waals surface area contributed by atoms with Gasteiger partial charge in [-0.3, -0.25) is 4.79 Å². The number of carbonyl (C=O) groups is 1. The van der Waals surface area contributed by atoms with E-state index in [-0.39, 0.29) is 18.3 Å². The van der Waals surface area contributed by atoms with E-state index in [1.54, 1.807) is 0 Å². The third-order valence-corrected chi connectivity index (χ3v) is 3.57. The van der Waals surface area contributed by atoms with Crippen molar-refractivity contribution in [2.24, 2.45) is 5.92 Å². The van der Waals surface area contributed by atoms with Crippen LogP contribution in [0.3, 0.4) is 0 Å². The van der Waals surface area contributed by atoms with Crippen molar-refractivity contribution in [2.45, 2.75) is 32.6 Å². The van der Waals surface area contributed by atoms with Crippen molar-refractivity contribution in [3.05, 3.63) is 29.8 Å². The maximum Gasteiger partial charge on any atom is 0.224 e. The molecule has 0 unspecified atom stereocenters. The van der Waals surface area contributed by atoms with Crippen LogP contribution in [-0.4, -0.2) is 19.0 Å². The number of hydrogen-bond acceptors (Lipinski definition) is 2. The van der Waals surface area contributed by atoms with Crippen LogP contribution < -0.4 is 10.6 Å². The molecule has 2 rings (SSSR count). The maximum absolute atomic E-state index is 11.8. The van der Waals surface area contributed by atoms with E-state index in [4.69, 9.17) is 0 Å². The second-order valence-corrected chi connectivity index (χ2v) is 5.15. The van der Waals surface area contributed by atoms with E-state index in [1.165, 1.54) is 18.4 Å². The highest BCUT2D eigenvalue weighted by Gasteiger charge is 2.14. The highest BCUT2D eigenvalue weighted by Crippen LogP contribution is 2.18. The van der Waals surface area contributed by atoms with Gasteiger partial charge in [-0.2, -0.15) is 0 Å². The van der Waals surface area contributed by atoms with Crippen LogP contribution in [0.15, 0.2) is 24.3 Å². The zero-order valence-electron chi connectivity index (χ0n) is 11.4. The molecule has 19 heavy (non-hydrogen) atoms. The summed E-state index contributed by atoms with van der Waals surface area (Å²) in [7, 11) is 0. The van der Waals surface area contributed by atoms with Gasteiger partial charge in [0.2, 0.25) is 5.91 Å². The second-order valence-electron chi connectivity index (χ2n) is 5.15. The van der Waals surface area contributed by atoms with Crippen molar-refractivity contribution >= 4 is 24.0 Å². The molecular formula is C15H23ClN2O. The zero-order chi connectivity index (χ0) is 12.8. The molecule has 0 saturated carbocycles. The second kappa shape index (κ2) is 8.18. The Balaban J connectivity index is 0.00000180. The summed E-state index contributed by atoms with van der Waals surface area (Å²) in [5.74, 6) is 0.854. The largest absolute Gasteiger partial charge is 0.326 e. The first-order valence-corrected chi connectivity index (χ1v) is 6.81. The lowest BCUT2D eigenvalue weighted by molar-refractivity contribution is -0.116. The summed E-state index contributed by atoms with van der Waals surface area (Å²) < 4.78 is 0. The number of halogens is 1. The van der Waals surface area contributed by atoms with Gasteiger partial charge >= 0.3 is 0 Å². The minimum absolute atomic E-state index is 0. The Morgan fingerprint density at radius 1 is 1.26 bits per heavy atom. The molecule has 1 heterocycles. The highest BCUT2D eigenvalue weighted by atomic mass is 35.5. The van der Waals surface area contributed by atoms with Crippen molar-refractivity contribution in [1.29, 1.82) is 0 Å². The molecule has 0 atom stereocenters. The Bertz CT molecular complexity index is 386. The van der Waals surface area contributed by atoms with Crippen LogP contribution in [0.5, 0.6) is 0 Å². The SMILES string of the molecule is Cc1ccc(NC(=O)CCC2CCNCC2)cc1.Cl. The topological polar surface area (TPSA) is 41.1 Å². The lowest BCUT2D eigenvalue weighted by Gasteiger charge is -2.22. The van der Waals surface area contributed by atoms with Crippen molar-refractivity contribution in [1.82, 2.24) is 5.32 Å². The molecule has 1 aliphatic rings. The first kappa shape index (κ1) is 16.0. The zero-order valence-corrected chi connectivity index (χ0v) is 12.3. The van der Waals surface area contributed by atoms with E-state index in [2.05, 4.69) is 10.6 Å². The number of rotatable bonds is 4. The van der Waals surface area contributed by atoms with Gasteiger partial charge in [-0.1, -0.05) is 17.7 Å². The van der Waals surface area contributed by atoms with Gasteiger partial charge in [-0.05, 0) is 57.3 Å². The average molecular weight is 283 g/mol. The van der Waals surface area contributed by atoms with Gasteiger partial charge in [0.25, 0.3) is 0 Å². The first-order valence-electron chi connectivity index (χ1n) is 6.81. The molecular weight excluding hydrogens is 260 g/mol. The molecule has 1 saturated heterocycles. The van der Waals surface area contributed by atoms with Gasteiger partial charge in [-0.15, -0.1) is 12.4 Å². The Morgan fingerprint density at radius 2 is 1.89 bits per heavy atom. The smallest absolute Gasteiger partial charge is 0.224 e. The van der Waals surface area contributed by atoms with E-state index in [1.807, 2.05) is 31.2 Å². The predicted molar refractivity (Wildman–Crippen MR) is 81.9 cm³/mol. The number of anilines is 1. The van der Waals surface area contributed by atoms with Crippen molar-refractivity contribution in [2.75, 3.05) is 18.4 Å². The van der Waals surface area contributed by atoms with Crippen molar-refractivity contribution in [3.63, 3.8) is 0 Å².